The fourth-order valence-corrected chi connectivity index (χ4v) is 2.86. The van der Waals surface area contributed by atoms with Crippen LogP contribution in [0.5, 0.6) is 0 Å². The van der Waals surface area contributed by atoms with Crippen LogP contribution in [0.2, 0.25) is 0 Å². The molecule has 2 heterocycles. The summed E-state index contributed by atoms with van der Waals surface area (Å²) in [5.74, 6) is 0.984. The Morgan fingerprint density at radius 3 is 2.84 bits per heavy atom. The lowest BCUT2D eigenvalue weighted by molar-refractivity contribution is 0.177. The molecule has 0 bridgehead atoms. The monoisotopic (exact) mass is 263 g/mol. The van der Waals surface area contributed by atoms with Crippen LogP contribution in [0.3, 0.4) is 0 Å². The summed E-state index contributed by atoms with van der Waals surface area (Å²) in [5.41, 5.74) is 1.25. The molecule has 1 N–H and O–H groups in total. The summed E-state index contributed by atoms with van der Waals surface area (Å²) in [5, 5.41) is 9.55. The Labute approximate surface area is 116 Å². The zero-order chi connectivity index (χ0) is 13.7. The molecule has 0 saturated carbocycles. The molecule has 1 fully saturated rings. The van der Waals surface area contributed by atoms with Crippen molar-refractivity contribution in [2.75, 3.05) is 39.8 Å². The topological polar surface area (TPSA) is 39.6 Å². The van der Waals surface area contributed by atoms with Crippen molar-refractivity contribution in [3.05, 3.63) is 30.1 Å². The summed E-state index contributed by atoms with van der Waals surface area (Å²) in [6, 6.07) is 4.10. The maximum absolute atomic E-state index is 9.55. The van der Waals surface area contributed by atoms with Crippen molar-refractivity contribution in [1.29, 1.82) is 0 Å². The molecule has 4 nitrogen and oxygen atoms in total. The number of aliphatic hydroxyl groups excluding tert-OH is 1. The number of hydrogen-bond donors (Lipinski definition) is 1. The maximum atomic E-state index is 9.55. The molecule has 0 amide bonds. The van der Waals surface area contributed by atoms with Gasteiger partial charge in [0.05, 0.1) is 0 Å². The highest BCUT2D eigenvalue weighted by molar-refractivity contribution is 5.08. The largest absolute Gasteiger partial charge is 0.396 e. The fourth-order valence-electron chi connectivity index (χ4n) is 2.86. The normalized spacial score (nSPS) is 24.2. The Morgan fingerprint density at radius 2 is 2.21 bits per heavy atom. The van der Waals surface area contributed by atoms with Crippen LogP contribution in [0.15, 0.2) is 24.5 Å². The second-order valence-electron chi connectivity index (χ2n) is 5.61. The molecule has 1 aliphatic rings. The van der Waals surface area contributed by atoms with Crippen molar-refractivity contribution in [2.45, 2.75) is 13.5 Å². The lowest BCUT2D eigenvalue weighted by atomic mass is 9.96. The van der Waals surface area contributed by atoms with Gasteiger partial charge < -0.3 is 10.0 Å². The van der Waals surface area contributed by atoms with Gasteiger partial charge in [-0.15, -0.1) is 0 Å². The third kappa shape index (κ3) is 4.00. The summed E-state index contributed by atoms with van der Waals surface area (Å²) < 4.78 is 0. The Bertz CT molecular complexity index is 371. The van der Waals surface area contributed by atoms with Gasteiger partial charge in [-0.25, -0.2) is 0 Å². The van der Waals surface area contributed by atoms with Gasteiger partial charge in [0.1, 0.15) is 0 Å². The fraction of sp³-hybridized carbons (Fsp3) is 0.667. The van der Waals surface area contributed by atoms with Gasteiger partial charge in [-0.3, -0.25) is 9.88 Å². The average Bonchev–Trinajstić information content (AvgIpc) is 2.81. The van der Waals surface area contributed by atoms with E-state index in [1.807, 2.05) is 18.5 Å². The van der Waals surface area contributed by atoms with Gasteiger partial charge in [-0.2, -0.15) is 0 Å². The van der Waals surface area contributed by atoms with Gasteiger partial charge in [0.25, 0.3) is 0 Å². The Morgan fingerprint density at radius 1 is 1.42 bits per heavy atom. The van der Waals surface area contributed by atoms with E-state index in [2.05, 4.69) is 34.8 Å². The highest BCUT2D eigenvalue weighted by atomic mass is 16.3. The van der Waals surface area contributed by atoms with Crippen molar-refractivity contribution < 1.29 is 5.11 Å². The molecule has 2 rings (SSSR count). The standard InChI is InChI=1S/C15H25N3O/c1-3-17(2)9-14-10-18(11-15(14)12-19)8-13-5-4-6-16-7-13/h4-7,14-15,19H,3,8-12H2,1-2H3/t14-,15-/m1/s1. The first-order valence-electron chi connectivity index (χ1n) is 7.13. The van der Waals surface area contributed by atoms with Crippen molar-refractivity contribution in [3.63, 3.8) is 0 Å². The van der Waals surface area contributed by atoms with E-state index in [4.69, 9.17) is 0 Å². The summed E-state index contributed by atoms with van der Waals surface area (Å²) in [6.45, 7) is 7.62. The first-order valence-corrected chi connectivity index (χ1v) is 7.13. The number of aromatic nitrogens is 1. The third-order valence-electron chi connectivity index (χ3n) is 4.10. The minimum Gasteiger partial charge on any atom is -0.396 e. The van der Waals surface area contributed by atoms with Crippen LogP contribution in [0.4, 0.5) is 0 Å². The van der Waals surface area contributed by atoms with E-state index in [1.165, 1.54) is 5.56 Å². The molecule has 1 aliphatic heterocycles. The number of likely N-dealkylation sites (tertiary alicyclic amines) is 1. The number of rotatable bonds is 6. The first-order chi connectivity index (χ1) is 9.22. The molecule has 0 aliphatic carbocycles. The average molecular weight is 263 g/mol. The lowest BCUT2D eigenvalue weighted by Gasteiger charge is -2.22. The highest BCUT2D eigenvalue weighted by Gasteiger charge is 2.32. The highest BCUT2D eigenvalue weighted by Crippen LogP contribution is 2.25. The quantitative estimate of drug-likeness (QED) is 0.833. The summed E-state index contributed by atoms with van der Waals surface area (Å²) in [6.07, 6.45) is 3.74. The third-order valence-corrected chi connectivity index (χ3v) is 4.10. The Hall–Kier alpha value is -0.970. The van der Waals surface area contributed by atoms with Crippen LogP contribution in [-0.2, 0) is 6.54 Å². The SMILES string of the molecule is CCN(C)C[C@@H]1CN(Cc2cccnc2)C[C@@H]1CO. The molecule has 0 aromatic carbocycles. The van der Waals surface area contributed by atoms with Crippen molar-refractivity contribution in [1.82, 2.24) is 14.8 Å². The number of pyridine rings is 1. The first kappa shape index (κ1) is 14.4. The number of nitrogens with zero attached hydrogens (tertiary/aromatic N) is 3. The van der Waals surface area contributed by atoms with E-state index >= 15 is 0 Å². The van der Waals surface area contributed by atoms with Gasteiger partial charge >= 0.3 is 0 Å². The van der Waals surface area contributed by atoms with Crippen LogP contribution < -0.4 is 0 Å². The van der Waals surface area contributed by atoms with E-state index < -0.39 is 0 Å². The van der Waals surface area contributed by atoms with Gasteiger partial charge in [0, 0.05) is 45.2 Å². The summed E-state index contributed by atoms with van der Waals surface area (Å²) in [7, 11) is 2.15. The molecule has 1 aromatic rings. The molecule has 0 spiro atoms. The molecule has 0 unspecified atom stereocenters. The van der Waals surface area contributed by atoms with Crippen LogP contribution in [-0.4, -0.2) is 59.7 Å². The van der Waals surface area contributed by atoms with Crippen LogP contribution in [0.1, 0.15) is 12.5 Å². The van der Waals surface area contributed by atoms with Gasteiger partial charge in [-0.1, -0.05) is 13.0 Å². The van der Waals surface area contributed by atoms with Crippen molar-refractivity contribution >= 4 is 0 Å². The smallest absolute Gasteiger partial charge is 0.0475 e. The summed E-state index contributed by atoms with van der Waals surface area (Å²) in [4.78, 5) is 8.93. The zero-order valence-corrected chi connectivity index (χ0v) is 12.0. The molecule has 0 radical (unpaired) electrons. The van der Waals surface area contributed by atoms with Crippen LogP contribution in [0.25, 0.3) is 0 Å². The van der Waals surface area contributed by atoms with Crippen molar-refractivity contribution in [3.8, 4) is 0 Å². The van der Waals surface area contributed by atoms with E-state index in [9.17, 15) is 5.11 Å². The number of hydrogen-bond acceptors (Lipinski definition) is 4. The lowest BCUT2D eigenvalue weighted by Crippen LogP contribution is -2.31. The van der Waals surface area contributed by atoms with Gasteiger partial charge in [-0.05, 0) is 37.1 Å². The second kappa shape index (κ2) is 6.98. The molecule has 1 saturated heterocycles. The number of aliphatic hydroxyl groups is 1. The molecule has 1 aromatic heterocycles. The van der Waals surface area contributed by atoms with E-state index in [-0.39, 0.29) is 0 Å². The van der Waals surface area contributed by atoms with Crippen LogP contribution >= 0.6 is 0 Å². The molecule has 4 heteroatoms. The van der Waals surface area contributed by atoms with E-state index in [0.717, 1.165) is 32.7 Å². The second-order valence-corrected chi connectivity index (χ2v) is 5.61. The Balaban J connectivity index is 1.91. The van der Waals surface area contributed by atoms with Crippen LogP contribution in [0, 0.1) is 11.8 Å². The predicted octanol–water partition coefficient (Wildman–Crippen LogP) is 1.07. The molecule has 106 valence electrons. The molecule has 19 heavy (non-hydrogen) atoms. The van der Waals surface area contributed by atoms with Crippen molar-refractivity contribution in [2.24, 2.45) is 11.8 Å². The van der Waals surface area contributed by atoms with Gasteiger partial charge in [0.15, 0.2) is 0 Å². The van der Waals surface area contributed by atoms with E-state index in [0.29, 0.717) is 18.4 Å². The van der Waals surface area contributed by atoms with Gasteiger partial charge in [0.2, 0.25) is 0 Å². The Kier molecular flexibility index (Phi) is 5.31. The minimum atomic E-state index is 0.297. The zero-order valence-electron chi connectivity index (χ0n) is 12.0. The molecular formula is C15H25N3O. The predicted molar refractivity (Wildman–Crippen MR) is 76.8 cm³/mol. The summed E-state index contributed by atoms with van der Waals surface area (Å²) >= 11 is 0. The minimum absolute atomic E-state index is 0.297. The molecular weight excluding hydrogens is 238 g/mol. The maximum Gasteiger partial charge on any atom is 0.0475 e. The van der Waals surface area contributed by atoms with E-state index in [1.54, 1.807) is 0 Å². The molecule has 2 atom stereocenters.